The van der Waals surface area contributed by atoms with Crippen molar-refractivity contribution in [3.05, 3.63) is 65.1 Å². The summed E-state index contributed by atoms with van der Waals surface area (Å²) >= 11 is 0. The number of nitrogens with zero attached hydrogens (tertiary/aromatic N) is 3. The molecule has 5 nitrogen and oxygen atoms in total. The van der Waals surface area contributed by atoms with Crippen molar-refractivity contribution < 1.29 is 9.90 Å². The number of carboxylic acid groups (broad SMARTS) is 1. The number of pyridine rings is 1. The van der Waals surface area contributed by atoms with Crippen molar-refractivity contribution in [1.82, 2.24) is 14.6 Å². The maximum absolute atomic E-state index is 11.3. The summed E-state index contributed by atoms with van der Waals surface area (Å²) in [6, 6.07) is 13.0. The smallest absolute Gasteiger partial charge is 0.352 e. The summed E-state index contributed by atoms with van der Waals surface area (Å²) in [6.07, 6.45) is 0.554. The molecule has 0 saturated heterocycles. The predicted octanol–water partition coefficient (Wildman–Crippen LogP) is 2.33. The number of aromatic nitrogens is 3. The zero-order valence-electron chi connectivity index (χ0n) is 10.9. The molecule has 0 fully saturated rings. The van der Waals surface area contributed by atoms with Gasteiger partial charge in [-0.1, -0.05) is 30.3 Å². The number of fused-ring (bicyclic) bond motifs is 1. The number of benzene rings is 1. The van der Waals surface area contributed by atoms with Crippen LogP contribution in [0.4, 0.5) is 0 Å². The number of rotatable bonds is 3. The van der Waals surface area contributed by atoms with E-state index in [2.05, 4.69) is 10.2 Å². The SMILES string of the molecule is Cc1ccccc1Cc1nnc2cccc(C(=O)O)n12. The van der Waals surface area contributed by atoms with Crippen molar-refractivity contribution in [2.24, 2.45) is 0 Å². The minimum Gasteiger partial charge on any atom is -0.477 e. The van der Waals surface area contributed by atoms with Gasteiger partial charge in [0.25, 0.3) is 0 Å². The Morgan fingerprint density at radius 1 is 1.15 bits per heavy atom. The van der Waals surface area contributed by atoms with Gasteiger partial charge in [-0.25, -0.2) is 4.79 Å². The van der Waals surface area contributed by atoms with Gasteiger partial charge in [0.15, 0.2) is 5.65 Å². The Kier molecular flexibility index (Phi) is 2.95. The first-order valence-electron chi connectivity index (χ1n) is 6.27. The Bertz CT molecular complexity index is 793. The van der Waals surface area contributed by atoms with Crippen molar-refractivity contribution in [2.75, 3.05) is 0 Å². The number of aromatic carboxylic acids is 1. The van der Waals surface area contributed by atoms with Crippen molar-refractivity contribution in [3.63, 3.8) is 0 Å². The van der Waals surface area contributed by atoms with Crippen LogP contribution >= 0.6 is 0 Å². The second-order valence-electron chi connectivity index (χ2n) is 4.63. The summed E-state index contributed by atoms with van der Waals surface area (Å²) in [5.74, 6) is -0.353. The van der Waals surface area contributed by atoms with Crippen molar-refractivity contribution >= 4 is 11.6 Å². The maximum Gasteiger partial charge on any atom is 0.352 e. The highest BCUT2D eigenvalue weighted by atomic mass is 16.4. The molecule has 20 heavy (non-hydrogen) atoms. The summed E-state index contributed by atoms with van der Waals surface area (Å²) in [5, 5.41) is 17.4. The molecule has 2 aromatic heterocycles. The van der Waals surface area contributed by atoms with E-state index in [9.17, 15) is 9.90 Å². The van der Waals surface area contributed by atoms with E-state index in [0.29, 0.717) is 17.9 Å². The van der Waals surface area contributed by atoms with Gasteiger partial charge in [0, 0.05) is 6.42 Å². The first kappa shape index (κ1) is 12.3. The van der Waals surface area contributed by atoms with Gasteiger partial charge in [-0.15, -0.1) is 10.2 Å². The molecule has 0 aliphatic rings. The minimum atomic E-state index is -0.985. The normalized spacial score (nSPS) is 10.8. The summed E-state index contributed by atoms with van der Waals surface area (Å²) in [6.45, 7) is 2.02. The third-order valence-electron chi connectivity index (χ3n) is 3.32. The number of carboxylic acids is 1. The molecule has 2 heterocycles. The molecule has 0 bridgehead atoms. The second-order valence-corrected chi connectivity index (χ2v) is 4.63. The topological polar surface area (TPSA) is 67.5 Å². The molecule has 0 saturated carbocycles. The minimum absolute atomic E-state index is 0.177. The lowest BCUT2D eigenvalue weighted by Crippen LogP contribution is -2.08. The maximum atomic E-state index is 11.3. The van der Waals surface area contributed by atoms with Crippen LogP contribution in [0.3, 0.4) is 0 Å². The van der Waals surface area contributed by atoms with Crippen LogP contribution in [0.2, 0.25) is 0 Å². The van der Waals surface area contributed by atoms with Gasteiger partial charge in [0.2, 0.25) is 0 Å². The standard InChI is InChI=1S/C15H13N3O2/c1-10-5-2-3-6-11(10)9-14-17-16-13-8-4-7-12(15(19)20)18(13)14/h2-8H,9H2,1H3,(H,19,20). The molecule has 3 aromatic rings. The van der Waals surface area contributed by atoms with Crippen LogP contribution in [0.25, 0.3) is 5.65 Å². The third kappa shape index (κ3) is 2.03. The molecular formula is C15H13N3O2. The fourth-order valence-electron chi connectivity index (χ4n) is 2.26. The van der Waals surface area contributed by atoms with Gasteiger partial charge in [-0.2, -0.15) is 0 Å². The van der Waals surface area contributed by atoms with Crippen LogP contribution in [0, 0.1) is 6.92 Å². The summed E-state index contributed by atoms with van der Waals surface area (Å²) < 4.78 is 1.59. The van der Waals surface area contributed by atoms with Gasteiger partial charge in [0.05, 0.1) is 0 Å². The van der Waals surface area contributed by atoms with Gasteiger partial charge in [-0.05, 0) is 30.2 Å². The average molecular weight is 267 g/mol. The Morgan fingerprint density at radius 2 is 1.95 bits per heavy atom. The molecule has 0 radical (unpaired) electrons. The van der Waals surface area contributed by atoms with Gasteiger partial charge >= 0.3 is 5.97 Å². The summed E-state index contributed by atoms with van der Waals surface area (Å²) in [7, 11) is 0. The molecular weight excluding hydrogens is 254 g/mol. The molecule has 0 atom stereocenters. The number of hydrogen-bond donors (Lipinski definition) is 1. The molecule has 100 valence electrons. The summed E-state index contributed by atoms with van der Waals surface area (Å²) in [4.78, 5) is 11.3. The van der Waals surface area contributed by atoms with Crippen LogP contribution in [0.5, 0.6) is 0 Å². The van der Waals surface area contributed by atoms with E-state index >= 15 is 0 Å². The zero-order chi connectivity index (χ0) is 14.1. The van der Waals surface area contributed by atoms with E-state index in [1.165, 1.54) is 0 Å². The third-order valence-corrected chi connectivity index (χ3v) is 3.32. The average Bonchev–Trinajstić information content (AvgIpc) is 2.84. The van der Waals surface area contributed by atoms with Crippen LogP contribution < -0.4 is 0 Å². The highest BCUT2D eigenvalue weighted by molar-refractivity contribution is 5.86. The number of carbonyl (C=O) groups is 1. The first-order valence-corrected chi connectivity index (χ1v) is 6.27. The molecule has 0 unspecified atom stereocenters. The van der Waals surface area contributed by atoms with Crippen molar-refractivity contribution in [3.8, 4) is 0 Å². The Hall–Kier alpha value is -2.69. The second kappa shape index (κ2) is 4.77. The van der Waals surface area contributed by atoms with E-state index in [0.717, 1.165) is 11.1 Å². The number of hydrogen-bond acceptors (Lipinski definition) is 3. The van der Waals surface area contributed by atoms with Crippen molar-refractivity contribution in [2.45, 2.75) is 13.3 Å². The van der Waals surface area contributed by atoms with Crippen LogP contribution in [-0.2, 0) is 6.42 Å². The predicted molar refractivity (Wildman–Crippen MR) is 73.9 cm³/mol. The van der Waals surface area contributed by atoms with Gasteiger partial charge in [0.1, 0.15) is 11.5 Å². The first-order chi connectivity index (χ1) is 9.66. The molecule has 3 rings (SSSR count). The Balaban J connectivity index is 2.13. The van der Waals surface area contributed by atoms with Crippen LogP contribution in [-0.4, -0.2) is 25.7 Å². The lowest BCUT2D eigenvalue weighted by Gasteiger charge is -2.06. The monoisotopic (exact) mass is 267 g/mol. The van der Waals surface area contributed by atoms with Crippen molar-refractivity contribution in [1.29, 1.82) is 0 Å². The quantitative estimate of drug-likeness (QED) is 0.790. The number of aryl methyl sites for hydroxylation is 1. The molecule has 0 amide bonds. The molecule has 5 heteroatoms. The fourth-order valence-corrected chi connectivity index (χ4v) is 2.26. The highest BCUT2D eigenvalue weighted by Gasteiger charge is 2.14. The summed E-state index contributed by atoms with van der Waals surface area (Å²) in [5.41, 5.74) is 2.99. The van der Waals surface area contributed by atoms with E-state index < -0.39 is 5.97 Å². The van der Waals surface area contributed by atoms with Crippen LogP contribution in [0.1, 0.15) is 27.4 Å². The molecule has 1 aromatic carbocycles. The van der Waals surface area contributed by atoms with E-state index in [1.807, 2.05) is 31.2 Å². The van der Waals surface area contributed by atoms with E-state index in [4.69, 9.17) is 0 Å². The molecule has 0 aliphatic carbocycles. The van der Waals surface area contributed by atoms with E-state index in [1.54, 1.807) is 22.6 Å². The molecule has 0 aliphatic heterocycles. The highest BCUT2D eigenvalue weighted by Crippen LogP contribution is 2.15. The fraction of sp³-hybridized carbons (Fsp3) is 0.133. The largest absolute Gasteiger partial charge is 0.477 e. The van der Waals surface area contributed by atoms with Crippen LogP contribution in [0.15, 0.2) is 42.5 Å². The Morgan fingerprint density at radius 3 is 2.70 bits per heavy atom. The lowest BCUT2D eigenvalue weighted by molar-refractivity contribution is 0.0688. The lowest BCUT2D eigenvalue weighted by atomic mass is 10.1. The Labute approximate surface area is 115 Å². The zero-order valence-corrected chi connectivity index (χ0v) is 10.9. The van der Waals surface area contributed by atoms with Gasteiger partial charge < -0.3 is 5.11 Å². The molecule has 0 spiro atoms. The van der Waals surface area contributed by atoms with E-state index in [-0.39, 0.29) is 5.69 Å². The van der Waals surface area contributed by atoms with Gasteiger partial charge in [-0.3, -0.25) is 4.40 Å². The molecule has 1 N–H and O–H groups in total.